The fourth-order valence-corrected chi connectivity index (χ4v) is 3.72. The maximum atomic E-state index is 12.2. The number of benzene rings is 2. The summed E-state index contributed by atoms with van der Waals surface area (Å²) in [4.78, 5) is 23.1. The van der Waals surface area contributed by atoms with E-state index in [1.807, 2.05) is 13.8 Å². The Labute approximate surface area is 174 Å². The average molecular weight is 440 g/mol. The zero-order chi connectivity index (χ0) is 21.6. The number of primary amides is 1. The zero-order valence-electron chi connectivity index (χ0n) is 15.9. The summed E-state index contributed by atoms with van der Waals surface area (Å²) in [6.45, 7) is 3.75. The molecule has 0 radical (unpaired) electrons. The Morgan fingerprint density at radius 1 is 1.14 bits per heavy atom. The summed E-state index contributed by atoms with van der Waals surface area (Å²) in [6.07, 6.45) is 0. The average Bonchev–Trinajstić information content (AvgIpc) is 2.66. The summed E-state index contributed by atoms with van der Waals surface area (Å²) in [6, 6.07) is 10.1. The maximum Gasteiger partial charge on any atom is 0.262 e. The number of anilines is 1. The molecule has 4 N–H and O–H groups in total. The highest BCUT2D eigenvalue weighted by Crippen LogP contribution is 2.27. The van der Waals surface area contributed by atoms with Crippen LogP contribution in [-0.2, 0) is 14.8 Å². The number of sulfonamides is 1. The third kappa shape index (κ3) is 6.74. The molecule has 156 valence electrons. The number of nitrogens with two attached hydrogens (primary N) is 1. The van der Waals surface area contributed by atoms with Crippen LogP contribution in [0, 0.1) is 5.92 Å². The lowest BCUT2D eigenvalue weighted by molar-refractivity contribution is -0.118. The van der Waals surface area contributed by atoms with E-state index in [0.717, 1.165) is 0 Å². The van der Waals surface area contributed by atoms with Gasteiger partial charge in [-0.2, -0.15) is 0 Å². The molecule has 0 spiro atoms. The standard InChI is InChI=1S/C19H22ClN3O5S/c1-12(2)10-22-29(26,27)15-7-8-17(16(20)9-15)28-11-18(24)23-14-5-3-13(4-6-14)19(21)25/h3-9,12,22H,10-11H2,1-2H3,(H2,21,25)(H,23,24). The lowest BCUT2D eigenvalue weighted by Gasteiger charge is -2.12. The molecule has 0 aliphatic rings. The van der Waals surface area contributed by atoms with Crippen LogP contribution in [0.4, 0.5) is 5.69 Å². The molecule has 0 aliphatic carbocycles. The molecule has 10 heteroatoms. The minimum Gasteiger partial charge on any atom is -0.482 e. The summed E-state index contributed by atoms with van der Waals surface area (Å²) >= 11 is 6.10. The van der Waals surface area contributed by atoms with Gasteiger partial charge in [-0.15, -0.1) is 0 Å². The molecule has 8 nitrogen and oxygen atoms in total. The lowest BCUT2D eigenvalue weighted by Crippen LogP contribution is -2.27. The van der Waals surface area contributed by atoms with Gasteiger partial charge in [0.2, 0.25) is 15.9 Å². The second-order valence-corrected chi connectivity index (χ2v) is 8.79. The maximum absolute atomic E-state index is 12.2. The molecule has 0 aromatic heterocycles. The highest BCUT2D eigenvalue weighted by Gasteiger charge is 2.17. The van der Waals surface area contributed by atoms with E-state index in [-0.39, 0.29) is 28.2 Å². The molecule has 0 heterocycles. The number of carbonyl (C=O) groups is 2. The topological polar surface area (TPSA) is 128 Å². The van der Waals surface area contributed by atoms with Crippen LogP contribution in [0.1, 0.15) is 24.2 Å². The van der Waals surface area contributed by atoms with Gasteiger partial charge in [-0.1, -0.05) is 25.4 Å². The minimum atomic E-state index is -3.68. The van der Waals surface area contributed by atoms with Crippen LogP contribution < -0.4 is 20.5 Å². The van der Waals surface area contributed by atoms with Gasteiger partial charge in [0.15, 0.2) is 6.61 Å². The Kier molecular flexibility index (Phi) is 7.60. The van der Waals surface area contributed by atoms with Gasteiger partial charge in [0.1, 0.15) is 5.75 Å². The Balaban J connectivity index is 1.96. The predicted molar refractivity (Wildman–Crippen MR) is 111 cm³/mol. The van der Waals surface area contributed by atoms with E-state index in [2.05, 4.69) is 10.0 Å². The van der Waals surface area contributed by atoms with Crippen LogP contribution in [0.5, 0.6) is 5.75 Å². The molecule has 2 rings (SSSR count). The van der Waals surface area contributed by atoms with E-state index >= 15 is 0 Å². The number of hydrogen-bond donors (Lipinski definition) is 3. The van der Waals surface area contributed by atoms with E-state index < -0.39 is 21.8 Å². The number of halogens is 1. The summed E-state index contributed by atoms with van der Waals surface area (Å²) in [7, 11) is -3.68. The van der Waals surface area contributed by atoms with Crippen LogP contribution in [0.2, 0.25) is 5.02 Å². The fourth-order valence-electron chi connectivity index (χ4n) is 2.18. The van der Waals surface area contributed by atoms with Gasteiger partial charge >= 0.3 is 0 Å². The van der Waals surface area contributed by atoms with E-state index in [1.54, 1.807) is 0 Å². The van der Waals surface area contributed by atoms with Gasteiger partial charge in [0.25, 0.3) is 5.91 Å². The van der Waals surface area contributed by atoms with Crippen molar-refractivity contribution in [2.45, 2.75) is 18.7 Å². The lowest BCUT2D eigenvalue weighted by atomic mass is 10.2. The molecule has 0 bridgehead atoms. The molecular weight excluding hydrogens is 418 g/mol. The monoisotopic (exact) mass is 439 g/mol. The van der Waals surface area contributed by atoms with Crippen molar-refractivity contribution < 1.29 is 22.7 Å². The molecule has 0 saturated heterocycles. The third-order valence-electron chi connectivity index (χ3n) is 3.71. The molecule has 2 aromatic rings. The van der Waals surface area contributed by atoms with Crippen molar-refractivity contribution in [3.63, 3.8) is 0 Å². The number of amides is 2. The van der Waals surface area contributed by atoms with Crippen LogP contribution in [0.15, 0.2) is 47.4 Å². The highest BCUT2D eigenvalue weighted by atomic mass is 35.5. The van der Waals surface area contributed by atoms with Crippen molar-refractivity contribution >= 4 is 39.1 Å². The SMILES string of the molecule is CC(C)CNS(=O)(=O)c1ccc(OCC(=O)Nc2ccc(C(N)=O)cc2)c(Cl)c1. The molecule has 0 atom stereocenters. The van der Waals surface area contributed by atoms with Crippen molar-refractivity contribution in [2.24, 2.45) is 11.7 Å². The quantitative estimate of drug-likeness (QED) is 0.552. The Morgan fingerprint density at radius 2 is 1.79 bits per heavy atom. The first-order valence-corrected chi connectivity index (χ1v) is 10.6. The van der Waals surface area contributed by atoms with E-state index in [9.17, 15) is 18.0 Å². The van der Waals surface area contributed by atoms with Crippen molar-refractivity contribution in [2.75, 3.05) is 18.5 Å². The number of nitrogens with one attached hydrogen (secondary N) is 2. The van der Waals surface area contributed by atoms with Gasteiger partial charge in [-0.05, 0) is 48.4 Å². The highest BCUT2D eigenvalue weighted by molar-refractivity contribution is 7.89. The van der Waals surface area contributed by atoms with Gasteiger partial charge in [-0.3, -0.25) is 9.59 Å². The molecule has 0 fully saturated rings. The van der Waals surface area contributed by atoms with Crippen LogP contribution >= 0.6 is 11.6 Å². The number of ether oxygens (including phenoxy) is 1. The molecule has 0 aliphatic heterocycles. The van der Waals surface area contributed by atoms with Crippen molar-refractivity contribution in [3.05, 3.63) is 53.1 Å². The fraction of sp³-hybridized carbons (Fsp3) is 0.263. The molecule has 0 unspecified atom stereocenters. The number of rotatable bonds is 9. The number of hydrogen-bond acceptors (Lipinski definition) is 5. The zero-order valence-corrected chi connectivity index (χ0v) is 17.5. The summed E-state index contributed by atoms with van der Waals surface area (Å²) < 4.78 is 32.3. The second kappa shape index (κ2) is 9.73. The van der Waals surface area contributed by atoms with Crippen molar-refractivity contribution in [1.29, 1.82) is 0 Å². The molecule has 2 aromatic carbocycles. The van der Waals surface area contributed by atoms with E-state index in [0.29, 0.717) is 17.8 Å². The van der Waals surface area contributed by atoms with Crippen LogP contribution in [-0.4, -0.2) is 33.4 Å². The smallest absolute Gasteiger partial charge is 0.262 e. The van der Waals surface area contributed by atoms with Gasteiger partial charge in [0, 0.05) is 17.8 Å². The van der Waals surface area contributed by atoms with E-state index in [1.165, 1.54) is 42.5 Å². The first-order chi connectivity index (χ1) is 13.6. The van der Waals surface area contributed by atoms with Gasteiger partial charge in [-0.25, -0.2) is 13.1 Å². The van der Waals surface area contributed by atoms with Crippen LogP contribution in [0.3, 0.4) is 0 Å². The largest absolute Gasteiger partial charge is 0.482 e. The van der Waals surface area contributed by atoms with Crippen molar-refractivity contribution in [3.8, 4) is 5.75 Å². The van der Waals surface area contributed by atoms with Gasteiger partial charge in [0.05, 0.1) is 9.92 Å². The molecule has 0 saturated carbocycles. The minimum absolute atomic E-state index is 0.00879. The van der Waals surface area contributed by atoms with E-state index in [4.69, 9.17) is 22.1 Å². The first-order valence-electron chi connectivity index (χ1n) is 8.70. The second-order valence-electron chi connectivity index (χ2n) is 6.62. The molecular formula is C19H22ClN3O5S. The number of carbonyl (C=O) groups excluding carboxylic acids is 2. The molecule has 2 amide bonds. The Bertz CT molecular complexity index is 991. The predicted octanol–water partition coefficient (Wildman–Crippen LogP) is 2.39. The summed E-state index contributed by atoms with van der Waals surface area (Å²) in [5, 5.41) is 2.66. The Morgan fingerprint density at radius 3 is 2.34 bits per heavy atom. The third-order valence-corrected chi connectivity index (χ3v) is 5.42. The summed E-state index contributed by atoms with van der Waals surface area (Å²) in [5.74, 6) is -0.684. The Hall–Kier alpha value is -2.62. The van der Waals surface area contributed by atoms with Crippen molar-refractivity contribution in [1.82, 2.24) is 4.72 Å². The normalized spacial score (nSPS) is 11.3. The molecule has 29 heavy (non-hydrogen) atoms. The van der Waals surface area contributed by atoms with Crippen LogP contribution in [0.25, 0.3) is 0 Å². The first kappa shape index (κ1) is 22.7. The van der Waals surface area contributed by atoms with Gasteiger partial charge < -0.3 is 15.8 Å². The summed E-state index contributed by atoms with van der Waals surface area (Å²) in [5.41, 5.74) is 5.95.